The Morgan fingerprint density at radius 3 is 2.67 bits per heavy atom. The third-order valence-electron chi connectivity index (χ3n) is 2.46. The predicted octanol–water partition coefficient (Wildman–Crippen LogP) is 1.82. The Kier molecular flexibility index (Phi) is 5.11. The van der Waals surface area contributed by atoms with Gasteiger partial charge in [0.25, 0.3) is 0 Å². The number of hydrogen-bond donors (Lipinski definition) is 1. The van der Waals surface area contributed by atoms with Gasteiger partial charge in [0.15, 0.2) is 0 Å². The summed E-state index contributed by atoms with van der Waals surface area (Å²) in [5.74, 6) is 3.47. The third-order valence-corrected chi connectivity index (χ3v) is 2.46. The van der Waals surface area contributed by atoms with E-state index >= 15 is 0 Å². The van der Waals surface area contributed by atoms with E-state index in [1.54, 1.807) is 12.4 Å². The second-order valence-electron chi connectivity index (χ2n) is 5.19. The average molecular weight is 246 g/mol. The van der Waals surface area contributed by atoms with Gasteiger partial charge >= 0.3 is 0 Å². The first-order valence-electron chi connectivity index (χ1n) is 6.20. The summed E-state index contributed by atoms with van der Waals surface area (Å²) >= 11 is 0. The van der Waals surface area contributed by atoms with Crippen LogP contribution in [0.4, 0.5) is 5.82 Å². The van der Waals surface area contributed by atoms with Gasteiger partial charge in [-0.15, -0.1) is 6.42 Å². The monoisotopic (exact) mass is 246 g/mol. The molecule has 0 spiro atoms. The normalized spacial score (nSPS) is 11.1. The van der Waals surface area contributed by atoms with E-state index in [1.165, 1.54) is 0 Å². The number of aromatic nitrogens is 2. The van der Waals surface area contributed by atoms with Crippen LogP contribution in [0.3, 0.4) is 0 Å². The van der Waals surface area contributed by atoms with Crippen molar-refractivity contribution in [3.05, 3.63) is 18.1 Å². The van der Waals surface area contributed by atoms with Crippen LogP contribution in [-0.4, -0.2) is 28.6 Å². The molecule has 0 unspecified atom stereocenters. The van der Waals surface area contributed by atoms with Crippen molar-refractivity contribution in [3.63, 3.8) is 0 Å². The molecule has 0 saturated heterocycles. The minimum atomic E-state index is 0.0704. The number of nitrogens with one attached hydrogen (secondary N) is 1. The van der Waals surface area contributed by atoms with Crippen LogP contribution in [0.2, 0.25) is 0 Å². The van der Waals surface area contributed by atoms with E-state index in [2.05, 4.69) is 48.9 Å². The summed E-state index contributed by atoms with van der Waals surface area (Å²) < 4.78 is 0. The molecule has 1 heterocycles. The molecule has 4 heteroatoms. The van der Waals surface area contributed by atoms with Gasteiger partial charge in [0.05, 0.1) is 18.4 Å². The van der Waals surface area contributed by atoms with Crippen LogP contribution in [-0.2, 0) is 6.54 Å². The van der Waals surface area contributed by atoms with E-state index in [0.29, 0.717) is 13.1 Å². The number of rotatable bonds is 5. The molecule has 0 atom stereocenters. The van der Waals surface area contributed by atoms with E-state index in [1.807, 2.05) is 4.90 Å². The quantitative estimate of drug-likeness (QED) is 0.805. The minimum Gasteiger partial charge on any atom is -0.344 e. The van der Waals surface area contributed by atoms with Crippen molar-refractivity contribution in [1.29, 1.82) is 0 Å². The minimum absolute atomic E-state index is 0.0704. The van der Waals surface area contributed by atoms with E-state index in [-0.39, 0.29) is 5.54 Å². The molecule has 0 radical (unpaired) electrons. The van der Waals surface area contributed by atoms with E-state index in [9.17, 15) is 0 Å². The van der Waals surface area contributed by atoms with Crippen molar-refractivity contribution in [2.45, 2.75) is 39.8 Å². The van der Waals surface area contributed by atoms with Crippen molar-refractivity contribution >= 4 is 5.82 Å². The summed E-state index contributed by atoms with van der Waals surface area (Å²) in [6.45, 7) is 10.5. The highest BCUT2D eigenvalue weighted by molar-refractivity contribution is 5.37. The maximum absolute atomic E-state index is 5.34. The SMILES string of the molecule is C#CCN(CC)c1cncc(CNC(C)(C)C)n1. The highest BCUT2D eigenvalue weighted by Gasteiger charge is 2.10. The lowest BCUT2D eigenvalue weighted by Gasteiger charge is -2.22. The predicted molar refractivity (Wildman–Crippen MR) is 75.3 cm³/mol. The molecule has 0 aromatic carbocycles. The lowest BCUT2D eigenvalue weighted by molar-refractivity contribution is 0.421. The van der Waals surface area contributed by atoms with E-state index in [0.717, 1.165) is 18.1 Å². The molecule has 1 N–H and O–H groups in total. The molecule has 1 rings (SSSR count). The van der Waals surface area contributed by atoms with Gasteiger partial charge in [0.1, 0.15) is 5.82 Å². The van der Waals surface area contributed by atoms with E-state index < -0.39 is 0 Å². The maximum Gasteiger partial charge on any atom is 0.148 e. The van der Waals surface area contributed by atoms with Gasteiger partial charge in [-0.3, -0.25) is 4.98 Å². The van der Waals surface area contributed by atoms with Crippen molar-refractivity contribution in [3.8, 4) is 12.3 Å². The van der Waals surface area contributed by atoms with Crippen molar-refractivity contribution in [2.75, 3.05) is 18.0 Å². The largest absolute Gasteiger partial charge is 0.344 e. The van der Waals surface area contributed by atoms with Crippen LogP contribution in [0.1, 0.15) is 33.4 Å². The fourth-order valence-electron chi connectivity index (χ4n) is 1.45. The summed E-state index contributed by atoms with van der Waals surface area (Å²) in [4.78, 5) is 10.8. The Hall–Kier alpha value is -1.60. The number of hydrogen-bond acceptors (Lipinski definition) is 4. The van der Waals surface area contributed by atoms with Crippen molar-refractivity contribution in [2.24, 2.45) is 0 Å². The third kappa shape index (κ3) is 4.72. The summed E-state index contributed by atoms with van der Waals surface area (Å²) in [6, 6.07) is 0. The maximum atomic E-state index is 5.34. The van der Waals surface area contributed by atoms with Gasteiger partial charge < -0.3 is 10.2 Å². The first kappa shape index (κ1) is 14.5. The highest BCUT2D eigenvalue weighted by Crippen LogP contribution is 2.09. The molecule has 98 valence electrons. The van der Waals surface area contributed by atoms with Crippen LogP contribution >= 0.6 is 0 Å². The van der Waals surface area contributed by atoms with Crippen LogP contribution < -0.4 is 10.2 Å². The summed E-state index contributed by atoms with van der Waals surface area (Å²) in [6.07, 6.45) is 8.88. The van der Waals surface area contributed by atoms with Gasteiger partial charge in [-0.2, -0.15) is 0 Å². The molecule has 4 nitrogen and oxygen atoms in total. The standard InChI is InChI=1S/C14H22N4/c1-6-8-18(7-2)13-11-15-9-12(17-13)10-16-14(3,4)5/h1,9,11,16H,7-8,10H2,2-5H3. The van der Waals surface area contributed by atoms with Crippen LogP contribution in [0.15, 0.2) is 12.4 Å². The van der Waals surface area contributed by atoms with Gasteiger partial charge in [0.2, 0.25) is 0 Å². The Labute approximate surface area is 110 Å². The molecule has 0 bridgehead atoms. The zero-order valence-electron chi connectivity index (χ0n) is 11.7. The Morgan fingerprint density at radius 2 is 2.11 bits per heavy atom. The first-order valence-corrected chi connectivity index (χ1v) is 6.20. The molecule has 0 saturated carbocycles. The van der Waals surface area contributed by atoms with Gasteiger partial charge in [-0.25, -0.2) is 4.98 Å². The average Bonchev–Trinajstić information content (AvgIpc) is 2.33. The molecule has 0 aliphatic carbocycles. The topological polar surface area (TPSA) is 41.1 Å². The van der Waals surface area contributed by atoms with Crippen LogP contribution in [0, 0.1) is 12.3 Å². The van der Waals surface area contributed by atoms with Gasteiger partial charge in [-0.1, -0.05) is 5.92 Å². The summed E-state index contributed by atoms with van der Waals surface area (Å²) in [7, 11) is 0. The number of terminal acetylenes is 1. The van der Waals surface area contributed by atoms with Gasteiger partial charge in [-0.05, 0) is 27.7 Å². The number of anilines is 1. The molecule has 0 aliphatic heterocycles. The van der Waals surface area contributed by atoms with Crippen molar-refractivity contribution < 1.29 is 0 Å². The molecular formula is C14H22N4. The molecule has 0 amide bonds. The first-order chi connectivity index (χ1) is 8.46. The van der Waals surface area contributed by atoms with Crippen LogP contribution in [0.5, 0.6) is 0 Å². The molecule has 0 aliphatic rings. The molecule has 18 heavy (non-hydrogen) atoms. The molecule has 1 aromatic heterocycles. The fourth-order valence-corrected chi connectivity index (χ4v) is 1.45. The Bertz CT molecular complexity index is 415. The number of nitrogens with zero attached hydrogens (tertiary/aromatic N) is 3. The lowest BCUT2D eigenvalue weighted by Crippen LogP contribution is -2.35. The summed E-state index contributed by atoms with van der Waals surface area (Å²) in [5.41, 5.74) is 0.999. The van der Waals surface area contributed by atoms with Gasteiger partial charge in [0, 0.05) is 24.8 Å². The molecule has 0 fully saturated rings. The van der Waals surface area contributed by atoms with E-state index in [4.69, 9.17) is 6.42 Å². The summed E-state index contributed by atoms with van der Waals surface area (Å²) in [5, 5.41) is 3.39. The fraction of sp³-hybridized carbons (Fsp3) is 0.571. The second kappa shape index (κ2) is 6.36. The van der Waals surface area contributed by atoms with Crippen molar-refractivity contribution in [1.82, 2.24) is 15.3 Å². The smallest absolute Gasteiger partial charge is 0.148 e. The zero-order valence-corrected chi connectivity index (χ0v) is 11.7. The zero-order chi connectivity index (χ0) is 13.6. The Morgan fingerprint density at radius 1 is 1.39 bits per heavy atom. The lowest BCUT2D eigenvalue weighted by atomic mass is 10.1. The highest BCUT2D eigenvalue weighted by atomic mass is 15.2. The molecule has 1 aromatic rings. The molecular weight excluding hydrogens is 224 g/mol. The second-order valence-corrected chi connectivity index (χ2v) is 5.19. The Balaban J connectivity index is 2.76. The van der Waals surface area contributed by atoms with Crippen LogP contribution in [0.25, 0.3) is 0 Å².